The van der Waals surface area contributed by atoms with Crippen molar-refractivity contribution in [3.8, 4) is 5.75 Å². The molecule has 4 nitrogen and oxygen atoms in total. The Morgan fingerprint density at radius 1 is 1.28 bits per heavy atom. The predicted octanol–water partition coefficient (Wildman–Crippen LogP) is 3.57. The van der Waals surface area contributed by atoms with Crippen LogP contribution in [-0.2, 0) is 19.7 Å². The summed E-state index contributed by atoms with van der Waals surface area (Å²) in [5.74, 6) is -0.806. The number of hydrogen-bond donors (Lipinski definition) is 0. The summed E-state index contributed by atoms with van der Waals surface area (Å²) in [5.41, 5.74) is -0.579. The van der Waals surface area contributed by atoms with Gasteiger partial charge in [-0.15, -0.1) is 13.2 Å². The van der Waals surface area contributed by atoms with Crippen LogP contribution in [0.4, 0.5) is 13.2 Å². The monoisotopic (exact) mass is 286 g/mol. The first-order chi connectivity index (χ1) is 9.07. The molecule has 18 heavy (non-hydrogen) atoms. The fourth-order valence-electron chi connectivity index (χ4n) is 1.09. The number of benzene rings is 1. The molecule has 0 aliphatic heterocycles. The van der Waals surface area contributed by atoms with E-state index in [-0.39, 0.29) is 0 Å². The number of alkyl halides is 3. The third-order valence-corrected chi connectivity index (χ3v) is 3.33. The summed E-state index contributed by atoms with van der Waals surface area (Å²) in [5, 5.41) is 0. The van der Waals surface area contributed by atoms with Crippen LogP contribution in [0.25, 0.3) is 0 Å². The van der Waals surface area contributed by atoms with Crippen LogP contribution in [0.15, 0.2) is 24.3 Å². The lowest BCUT2D eigenvalue weighted by Gasteiger charge is -2.17. The van der Waals surface area contributed by atoms with Crippen molar-refractivity contribution in [3.63, 3.8) is 0 Å². The molecule has 0 radical (unpaired) electrons. The summed E-state index contributed by atoms with van der Waals surface area (Å²) in [6, 6.07) is 4.44. The van der Waals surface area contributed by atoms with Crippen molar-refractivity contribution >= 4 is 7.60 Å². The third-order valence-electron chi connectivity index (χ3n) is 1.85. The van der Waals surface area contributed by atoms with Crippen LogP contribution in [0.2, 0.25) is 0 Å². The van der Waals surface area contributed by atoms with E-state index in [2.05, 4.69) is 13.8 Å². The van der Waals surface area contributed by atoms with Gasteiger partial charge in [0, 0.05) is 22.5 Å². The normalized spacial score (nSPS) is 14.9. The molecule has 0 aliphatic carbocycles. The van der Waals surface area contributed by atoms with Crippen LogP contribution < -0.4 is 4.74 Å². The van der Waals surface area contributed by atoms with Gasteiger partial charge in [0.25, 0.3) is 0 Å². The molecular weight excluding hydrogens is 272 g/mol. The van der Waals surface area contributed by atoms with Gasteiger partial charge >= 0.3 is 14.0 Å². The summed E-state index contributed by atoms with van der Waals surface area (Å²) in [4.78, 5) is 0. The zero-order valence-corrected chi connectivity index (χ0v) is 10.4. The van der Waals surface area contributed by atoms with E-state index in [0.29, 0.717) is 0 Å². The first kappa shape index (κ1) is 12.0. The Morgan fingerprint density at radius 3 is 2.33 bits per heavy atom. The zero-order valence-electron chi connectivity index (χ0n) is 11.5. The molecule has 0 unspecified atom stereocenters. The summed E-state index contributed by atoms with van der Waals surface area (Å²) in [6.07, 6.45) is -7.81. The van der Waals surface area contributed by atoms with Gasteiger partial charge in [-0.3, -0.25) is 4.57 Å². The van der Waals surface area contributed by atoms with Gasteiger partial charge in [-0.05, 0) is 6.07 Å². The second-order valence-electron chi connectivity index (χ2n) is 3.02. The standard InChI is InChI=1S/C10H12F3O4P/c1-15-18(14,16-2)7-8-5-3-4-6-9(8)17-10(11,12)13/h3-6H,7H2,1-2H3/i7D2. The van der Waals surface area contributed by atoms with E-state index in [9.17, 15) is 17.7 Å². The van der Waals surface area contributed by atoms with Crippen molar-refractivity contribution in [3.05, 3.63) is 29.8 Å². The molecule has 0 saturated carbocycles. The molecule has 0 aliphatic rings. The van der Waals surface area contributed by atoms with E-state index < -0.39 is 31.4 Å². The van der Waals surface area contributed by atoms with Gasteiger partial charge in [0.15, 0.2) is 0 Å². The van der Waals surface area contributed by atoms with Crippen molar-refractivity contribution in [2.75, 3.05) is 14.2 Å². The van der Waals surface area contributed by atoms with Crippen LogP contribution in [0, 0.1) is 0 Å². The Hall–Kier alpha value is -1.04. The van der Waals surface area contributed by atoms with Crippen molar-refractivity contribution in [1.29, 1.82) is 0 Å². The highest BCUT2D eigenvalue weighted by molar-refractivity contribution is 7.52. The highest BCUT2D eigenvalue weighted by Crippen LogP contribution is 2.51. The maximum absolute atomic E-state index is 12.3. The lowest BCUT2D eigenvalue weighted by atomic mass is 10.2. The van der Waals surface area contributed by atoms with Crippen molar-refractivity contribution in [2.24, 2.45) is 0 Å². The molecule has 0 N–H and O–H groups in total. The topological polar surface area (TPSA) is 44.8 Å². The minimum atomic E-state index is -5.00. The molecule has 0 spiro atoms. The molecule has 102 valence electrons. The predicted molar refractivity (Wildman–Crippen MR) is 58.5 cm³/mol. The first-order valence-electron chi connectivity index (χ1n) is 5.64. The van der Waals surface area contributed by atoms with Gasteiger partial charge in [-0.2, -0.15) is 0 Å². The van der Waals surface area contributed by atoms with E-state index in [0.717, 1.165) is 26.4 Å². The molecule has 0 atom stereocenters. The highest BCUT2D eigenvalue weighted by Gasteiger charge is 2.33. The van der Waals surface area contributed by atoms with Gasteiger partial charge in [0.05, 0.1) is 6.11 Å². The van der Waals surface area contributed by atoms with Crippen molar-refractivity contribution < 1.29 is 34.3 Å². The molecule has 0 amide bonds. The highest BCUT2D eigenvalue weighted by atomic mass is 31.2. The quantitative estimate of drug-likeness (QED) is 0.776. The summed E-state index contributed by atoms with van der Waals surface area (Å²) in [7, 11) is -2.43. The zero-order chi connectivity index (χ0) is 15.6. The number of halogens is 3. The molecule has 0 aromatic heterocycles. The Balaban J connectivity index is 3.35. The lowest BCUT2D eigenvalue weighted by molar-refractivity contribution is -0.274. The average Bonchev–Trinajstić information content (AvgIpc) is 2.36. The largest absolute Gasteiger partial charge is 0.573 e. The fraction of sp³-hybridized carbons (Fsp3) is 0.400. The minimum absolute atomic E-state index is 0.579. The van der Waals surface area contributed by atoms with Gasteiger partial charge in [-0.25, -0.2) is 0 Å². The average molecular weight is 286 g/mol. The Morgan fingerprint density at radius 2 is 1.83 bits per heavy atom. The van der Waals surface area contributed by atoms with Gasteiger partial charge in [-0.1, -0.05) is 18.2 Å². The van der Waals surface area contributed by atoms with Crippen LogP contribution in [0.5, 0.6) is 5.75 Å². The van der Waals surface area contributed by atoms with E-state index >= 15 is 0 Å². The summed E-state index contributed by atoms with van der Waals surface area (Å²) < 4.78 is 77.3. The Kier molecular flexibility index (Phi) is 3.83. The number of hydrogen-bond acceptors (Lipinski definition) is 4. The molecule has 8 heteroatoms. The number of rotatable bonds is 5. The van der Waals surface area contributed by atoms with E-state index in [1.165, 1.54) is 12.1 Å². The van der Waals surface area contributed by atoms with Crippen LogP contribution in [0.1, 0.15) is 8.30 Å². The second kappa shape index (κ2) is 5.73. The van der Waals surface area contributed by atoms with Gasteiger partial charge < -0.3 is 13.8 Å². The summed E-state index contributed by atoms with van der Waals surface area (Å²) in [6.45, 7) is 0. The SMILES string of the molecule is [2H]C([2H])(c1ccccc1OC(F)(F)F)P(=O)(OC)OC. The molecule has 0 fully saturated rings. The number of para-hydroxylation sites is 1. The van der Waals surface area contributed by atoms with Crippen molar-refractivity contribution in [2.45, 2.75) is 12.5 Å². The Labute approximate surface area is 105 Å². The molecular formula is C10H12F3O4P. The van der Waals surface area contributed by atoms with Crippen LogP contribution >= 0.6 is 7.60 Å². The van der Waals surface area contributed by atoms with Crippen LogP contribution in [0.3, 0.4) is 0 Å². The molecule has 1 rings (SSSR count). The molecule has 0 heterocycles. The third kappa shape index (κ3) is 4.33. The maximum atomic E-state index is 12.3. The van der Waals surface area contributed by atoms with E-state index in [1.807, 2.05) is 0 Å². The van der Waals surface area contributed by atoms with Gasteiger partial charge in [0.1, 0.15) is 5.75 Å². The summed E-state index contributed by atoms with van der Waals surface area (Å²) >= 11 is 0. The molecule has 0 saturated heterocycles. The maximum Gasteiger partial charge on any atom is 0.573 e. The van der Waals surface area contributed by atoms with E-state index in [1.54, 1.807) is 0 Å². The molecule has 0 bridgehead atoms. The number of ether oxygens (including phenoxy) is 1. The smallest absolute Gasteiger partial charge is 0.405 e. The minimum Gasteiger partial charge on any atom is -0.405 e. The molecule has 1 aromatic carbocycles. The fourth-order valence-corrected chi connectivity index (χ4v) is 1.90. The second-order valence-corrected chi connectivity index (χ2v) is 4.97. The first-order valence-corrected chi connectivity index (χ1v) is 6.18. The lowest BCUT2D eigenvalue weighted by Crippen LogP contribution is -2.18. The van der Waals surface area contributed by atoms with Crippen molar-refractivity contribution in [1.82, 2.24) is 0 Å². The van der Waals surface area contributed by atoms with E-state index in [4.69, 9.17) is 2.74 Å². The van der Waals surface area contributed by atoms with Crippen LogP contribution in [-0.4, -0.2) is 20.6 Å². The van der Waals surface area contributed by atoms with Gasteiger partial charge in [0.2, 0.25) is 0 Å². The Bertz CT molecular complexity index is 513. The molecule has 1 aromatic rings.